The van der Waals surface area contributed by atoms with Crippen LogP contribution in [0.3, 0.4) is 0 Å². The van der Waals surface area contributed by atoms with Gasteiger partial charge in [-0.1, -0.05) is 0 Å². The second kappa shape index (κ2) is 63.0. The Kier molecular flexibility index (Phi) is 128. The van der Waals surface area contributed by atoms with Gasteiger partial charge in [-0.25, -0.2) is 0 Å². The smallest absolute Gasteiger partial charge is 0.300 e. The molecule has 0 aromatic rings. The van der Waals surface area contributed by atoms with Crippen molar-refractivity contribution in [3.63, 3.8) is 0 Å². The number of rotatable bonds is 4. The minimum absolute atomic E-state index is 0. The van der Waals surface area contributed by atoms with Gasteiger partial charge in [-0.2, -0.15) is 0 Å². The van der Waals surface area contributed by atoms with Gasteiger partial charge in [-0.3, -0.25) is 24.0 Å². The number of carboxylic acids is 5. The second-order valence-corrected chi connectivity index (χ2v) is 3.92. The minimum Gasteiger partial charge on any atom is -0.481 e. The van der Waals surface area contributed by atoms with Gasteiger partial charge in [0.15, 0.2) is 0 Å². The van der Waals surface area contributed by atoms with E-state index in [2.05, 4.69) is 5.32 Å². The SMILES string of the molecule is CC(=O)O.CC(=O)O.CC(=O)O.CC(=O)O.CC(=O)O.N.NCCNCCN.O.O.[Fe]. The maximum absolute atomic E-state index is 9.00. The summed E-state index contributed by atoms with van der Waals surface area (Å²) in [5, 5.41) is 40.1. The molecule has 17 N–H and O–H groups in total. The molecule has 16 nitrogen and oxygen atoms in total. The van der Waals surface area contributed by atoms with E-state index in [1.807, 2.05) is 0 Å². The zero-order valence-corrected chi connectivity index (χ0v) is 19.4. The van der Waals surface area contributed by atoms with E-state index in [1.165, 1.54) is 0 Å². The summed E-state index contributed by atoms with van der Waals surface area (Å²) in [4.78, 5) is 45.0. The molecule has 0 bridgehead atoms. The number of nitrogens with one attached hydrogen (secondary N) is 1. The van der Waals surface area contributed by atoms with Gasteiger partial charge in [0.2, 0.25) is 0 Å². The van der Waals surface area contributed by atoms with Crippen LogP contribution in [0.4, 0.5) is 0 Å². The molecule has 0 aliphatic carbocycles. The van der Waals surface area contributed by atoms with E-state index in [4.69, 9.17) is 61.0 Å². The molecule has 196 valence electrons. The van der Waals surface area contributed by atoms with E-state index in [-0.39, 0.29) is 34.2 Å². The summed E-state index contributed by atoms with van der Waals surface area (Å²) in [5.41, 5.74) is 10.3. The quantitative estimate of drug-likeness (QED) is 0.138. The van der Waals surface area contributed by atoms with Crippen LogP contribution in [0.1, 0.15) is 34.6 Å². The summed E-state index contributed by atoms with van der Waals surface area (Å²) in [5.74, 6) is -4.17. The van der Waals surface area contributed by atoms with Crippen LogP contribution in [0.25, 0.3) is 0 Å². The molecule has 0 heterocycles. The Bertz CT molecular complexity index is 295. The van der Waals surface area contributed by atoms with E-state index in [9.17, 15) is 0 Å². The molecular weight excluding hydrogens is 472 g/mol. The Balaban J connectivity index is -0.0000000211. The molecule has 0 aliphatic heterocycles. The molecule has 17 heteroatoms. The predicted octanol–water partition coefficient (Wildman–Crippen LogP) is -2.54. The molecule has 0 spiro atoms. The van der Waals surface area contributed by atoms with Crippen molar-refractivity contribution in [1.29, 1.82) is 0 Å². The molecule has 0 aromatic heterocycles. The van der Waals surface area contributed by atoms with Gasteiger partial charge in [0, 0.05) is 77.9 Å². The van der Waals surface area contributed by atoms with E-state index in [0.717, 1.165) is 47.7 Å². The predicted molar refractivity (Wildman–Crippen MR) is 110 cm³/mol. The van der Waals surface area contributed by atoms with Crippen molar-refractivity contribution < 1.29 is 77.5 Å². The van der Waals surface area contributed by atoms with Crippen molar-refractivity contribution >= 4 is 29.8 Å². The van der Waals surface area contributed by atoms with Crippen LogP contribution in [0.2, 0.25) is 0 Å². The largest absolute Gasteiger partial charge is 0.481 e. The Labute approximate surface area is 191 Å². The average molecular weight is 512 g/mol. The van der Waals surface area contributed by atoms with Crippen LogP contribution in [-0.4, -0.2) is 92.5 Å². The third-order valence-corrected chi connectivity index (χ3v) is 0.642. The fraction of sp³-hybridized carbons (Fsp3) is 0.643. The summed E-state index contributed by atoms with van der Waals surface area (Å²) in [6.45, 7) is 8.55. The molecule has 0 rings (SSSR count). The van der Waals surface area contributed by atoms with Crippen LogP contribution in [0.5, 0.6) is 0 Å². The summed E-state index contributed by atoms with van der Waals surface area (Å²) in [6, 6.07) is 0. The van der Waals surface area contributed by atoms with Gasteiger partial charge in [0.1, 0.15) is 0 Å². The van der Waals surface area contributed by atoms with Gasteiger partial charge in [0.05, 0.1) is 0 Å². The number of carboxylic acid groups (broad SMARTS) is 5. The molecule has 0 aromatic carbocycles. The molecule has 31 heavy (non-hydrogen) atoms. The Hall–Kier alpha value is -2.37. The van der Waals surface area contributed by atoms with Gasteiger partial charge in [-0.05, 0) is 0 Å². The zero-order valence-electron chi connectivity index (χ0n) is 18.3. The van der Waals surface area contributed by atoms with Gasteiger partial charge in [-0.15, -0.1) is 0 Å². The van der Waals surface area contributed by atoms with E-state index in [1.54, 1.807) is 0 Å². The standard InChI is InChI=1S/C4H13N3.5C2H4O2.Fe.H3N.2H2O/c5-1-3-7-4-2-6;5*1-2(3)4;;;;/h7H,1-6H2;5*1H3,(H,3,4);;1H3;2*1H2. The van der Waals surface area contributed by atoms with Crippen molar-refractivity contribution in [3.05, 3.63) is 0 Å². The fourth-order valence-corrected chi connectivity index (χ4v) is 0.329. The zero-order chi connectivity index (χ0) is 23.4. The molecule has 0 radical (unpaired) electrons. The molecule has 0 saturated carbocycles. The number of hydrogen-bond acceptors (Lipinski definition) is 9. The number of aliphatic carboxylic acids is 5. The molecule has 0 aliphatic rings. The average Bonchev–Trinajstić information content (AvgIpc) is 2.35. The summed E-state index contributed by atoms with van der Waals surface area (Å²) in [7, 11) is 0. The second-order valence-electron chi connectivity index (χ2n) is 3.92. The monoisotopic (exact) mass is 512 g/mol. The summed E-state index contributed by atoms with van der Waals surface area (Å²) in [6.07, 6.45) is 0. The van der Waals surface area contributed by atoms with E-state index >= 15 is 0 Å². The number of carbonyl (C=O) groups is 5. The molecule has 0 amide bonds. The van der Waals surface area contributed by atoms with Crippen molar-refractivity contribution in [2.24, 2.45) is 11.5 Å². The van der Waals surface area contributed by atoms with Gasteiger partial charge in [0.25, 0.3) is 29.8 Å². The van der Waals surface area contributed by atoms with Gasteiger partial charge < -0.3 is 59.4 Å². The van der Waals surface area contributed by atoms with Crippen LogP contribution < -0.4 is 22.9 Å². The molecule has 0 fully saturated rings. The Morgan fingerprint density at radius 1 is 0.581 bits per heavy atom. The summed E-state index contributed by atoms with van der Waals surface area (Å²) < 4.78 is 0. The topological polar surface area (TPSA) is 349 Å². The third-order valence-electron chi connectivity index (χ3n) is 0.642. The number of hydrogen-bond donors (Lipinski definition) is 9. The Morgan fingerprint density at radius 2 is 0.677 bits per heavy atom. The van der Waals surface area contributed by atoms with E-state index < -0.39 is 29.8 Å². The maximum Gasteiger partial charge on any atom is 0.300 e. The van der Waals surface area contributed by atoms with Crippen LogP contribution in [0.15, 0.2) is 0 Å². The van der Waals surface area contributed by atoms with Crippen LogP contribution in [0, 0.1) is 0 Å². The third kappa shape index (κ3) is 6840. The first-order valence-corrected chi connectivity index (χ1v) is 7.16. The van der Waals surface area contributed by atoms with Crippen molar-refractivity contribution in [1.82, 2.24) is 11.5 Å². The van der Waals surface area contributed by atoms with E-state index in [0.29, 0.717) is 13.1 Å². The Morgan fingerprint density at radius 3 is 0.742 bits per heavy atom. The van der Waals surface area contributed by atoms with Crippen LogP contribution in [-0.2, 0) is 41.0 Å². The molecule has 0 saturated heterocycles. The first-order valence-electron chi connectivity index (χ1n) is 7.16. The summed E-state index contributed by atoms with van der Waals surface area (Å²) >= 11 is 0. The van der Waals surface area contributed by atoms with Crippen molar-refractivity contribution in [3.8, 4) is 0 Å². The number of nitrogens with two attached hydrogens (primary N) is 2. The van der Waals surface area contributed by atoms with Gasteiger partial charge >= 0.3 is 0 Å². The van der Waals surface area contributed by atoms with Crippen molar-refractivity contribution in [2.75, 3.05) is 26.2 Å². The fourth-order valence-electron chi connectivity index (χ4n) is 0.329. The molecule has 0 atom stereocenters. The minimum atomic E-state index is -0.833. The van der Waals surface area contributed by atoms with Crippen molar-refractivity contribution in [2.45, 2.75) is 34.6 Å². The maximum atomic E-state index is 9.00. The van der Waals surface area contributed by atoms with Crippen LogP contribution >= 0.6 is 0 Å². The molecular formula is C14H40FeN4O12. The first kappa shape index (κ1) is 63.0. The molecule has 0 unspecified atom stereocenters. The first-order chi connectivity index (χ1) is 12.1. The normalized spacial score (nSPS) is 6.16.